The Morgan fingerprint density at radius 1 is 1.57 bits per heavy atom. The molecule has 0 aliphatic heterocycles. The van der Waals surface area contributed by atoms with Crippen molar-refractivity contribution in [1.82, 2.24) is 4.98 Å². The summed E-state index contributed by atoms with van der Waals surface area (Å²) in [5, 5.41) is 3.84. The van der Waals surface area contributed by atoms with Crippen LogP contribution in [-0.2, 0) is 0 Å². The van der Waals surface area contributed by atoms with E-state index in [2.05, 4.69) is 23.5 Å². The Kier molecular flexibility index (Phi) is 4.59. The van der Waals surface area contributed by atoms with Crippen molar-refractivity contribution in [2.75, 3.05) is 25.2 Å². The molecule has 0 aliphatic carbocycles. The average molecular weight is 212 g/mol. The van der Waals surface area contributed by atoms with Crippen molar-refractivity contribution in [2.45, 2.75) is 12.2 Å². The van der Waals surface area contributed by atoms with E-state index in [0.29, 0.717) is 11.1 Å². The molecule has 1 rings (SSSR count). The molecule has 0 spiro atoms. The molecule has 0 saturated heterocycles. The molecule has 1 unspecified atom stereocenters. The summed E-state index contributed by atoms with van der Waals surface area (Å²) >= 11 is 1.83. The minimum Gasteiger partial charge on any atom is -0.481 e. The fourth-order valence-electron chi connectivity index (χ4n) is 0.959. The third-order valence-corrected chi connectivity index (χ3v) is 2.88. The minimum atomic E-state index is 0.586. The molecule has 0 bridgehead atoms. The predicted molar refractivity (Wildman–Crippen MR) is 62.3 cm³/mol. The molecule has 1 atom stereocenters. The highest BCUT2D eigenvalue weighted by Crippen LogP contribution is 2.12. The molecule has 0 radical (unpaired) electrons. The Bertz CT molecular complexity index is 281. The van der Waals surface area contributed by atoms with Crippen LogP contribution in [0.4, 0.5) is 5.82 Å². The number of pyridine rings is 1. The first kappa shape index (κ1) is 11.2. The lowest BCUT2D eigenvalue weighted by Crippen LogP contribution is -2.13. The molecular weight excluding hydrogens is 196 g/mol. The first-order valence-electron chi connectivity index (χ1n) is 4.54. The molecule has 4 heteroatoms. The van der Waals surface area contributed by atoms with Gasteiger partial charge < -0.3 is 10.1 Å². The Morgan fingerprint density at radius 3 is 3.00 bits per heavy atom. The summed E-state index contributed by atoms with van der Waals surface area (Å²) in [6.45, 7) is 3.10. The van der Waals surface area contributed by atoms with Gasteiger partial charge in [-0.15, -0.1) is 0 Å². The summed E-state index contributed by atoms with van der Waals surface area (Å²) in [4.78, 5) is 4.25. The highest BCUT2D eigenvalue weighted by Gasteiger charge is 2.00. The lowest BCUT2D eigenvalue weighted by molar-refractivity contribution is 0.398. The summed E-state index contributed by atoms with van der Waals surface area (Å²) in [6.07, 6.45) is 2.10. The Balaban J connectivity index is 2.50. The van der Waals surface area contributed by atoms with Gasteiger partial charge in [0.05, 0.1) is 7.11 Å². The van der Waals surface area contributed by atoms with Gasteiger partial charge in [-0.3, -0.25) is 0 Å². The van der Waals surface area contributed by atoms with E-state index >= 15 is 0 Å². The van der Waals surface area contributed by atoms with Crippen LogP contribution in [0.2, 0.25) is 0 Å². The standard InChI is InChI=1S/C10H16N2OS/c1-8(14-3)7-11-9-5-4-6-10(12-9)13-2/h4-6,8H,7H2,1-3H3,(H,11,12). The van der Waals surface area contributed by atoms with Gasteiger partial charge in [0.2, 0.25) is 5.88 Å². The molecule has 0 amide bonds. The lowest BCUT2D eigenvalue weighted by Gasteiger charge is -2.10. The van der Waals surface area contributed by atoms with Crippen LogP contribution in [0.3, 0.4) is 0 Å². The third kappa shape index (κ3) is 3.46. The van der Waals surface area contributed by atoms with Crippen LogP contribution in [-0.4, -0.2) is 30.1 Å². The molecular formula is C10H16N2OS. The van der Waals surface area contributed by atoms with E-state index in [9.17, 15) is 0 Å². The largest absolute Gasteiger partial charge is 0.481 e. The molecule has 3 nitrogen and oxygen atoms in total. The highest BCUT2D eigenvalue weighted by atomic mass is 32.2. The maximum Gasteiger partial charge on any atom is 0.214 e. The van der Waals surface area contributed by atoms with Crippen LogP contribution >= 0.6 is 11.8 Å². The third-order valence-electron chi connectivity index (χ3n) is 1.91. The summed E-state index contributed by atoms with van der Waals surface area (Å²) in [7, 11) is 1.62. The van der Waals surface area contributed by atoms with Gasteiger partial charge in [-0.2, -0.15) is 16.7 Å². The van der Waals surface area contributed by atoms with E-state index in [1.54, 1.807) is 7.11 Å². The van der Waals surface area contributed by atoms with Crippen LogP contribution in [0.15, 0.2) is 18.2 Å². The molecule has 1 N–H and O–H groups in total. The van der Waals surface area contributed by atoms with Gasteiger partial charge in [0.25, 0.3) is 0 Å². The van der Waals surface area contributed by atoms with Gasteiger partial charge in [0, 0.05) is 17.9 Å². The zero-order chi connectivity index (χ0) is 10.4. The Hall–Kier alpha value is -0.900. The summed E-state index contributed by atoms with van der Waals surface area (Å²) in [6, 6.07) is 5.71. The maximum atomic E-state index is 5.03. The normalized spacial score (nSPS) is 12.2. The quantitative estimate of drug-likeness (QED) is 0.811. The maximum absolute atomic E-state index is 5.03. The van der Waals surface area contributed by atoms with E-state index in [1.807, 2.05) is 30.0 Å². The first-order chi connectivity index (χ1) is 6.76. The van der Waals surface area contributed by atoms with Crippen LogP contribution in [0.5, 0.6) is 5.88 Å². The zero-order valence-electron chi connectivity index (χ0n) is 8.78. The molecule has 0 aliphatic rings. The molecule has 0 saturated carbocycles. The van der Waals surface area contributed by atoms with Crippen LogP contribution in [0.1, 0.15) is 6.92 Å². The van der Waals surface area contributed by atoms with Crippen molar-refractivity contribution >= 4 is 17.6 Å². The summed E-state index contributed by atoms with van der Waals surface area (Å²) in [5.74, 6) is 1.51. The predicted octanol–water partition coefficient (Wildman–Crippen LogP) is 2.25. The number of aromatic nitrogens is 1. The van der Waals surface area contributed by atoms with Crippen molar-refractivity contribution < 1.29 is 4.74 Å². The number of nitrogens with zero attached hydrogens (tertiary/aromatic N) is 1. The van der Waals surface area contributed by atoms with Gasteiger partial charge in [0.1, 0.15) is 5.82 Å². The molecule has 1 aromatic heterocycles. The molecule has 1 aromatic rings. The number of methoxy groups -OCH3 is 1. The fraction of sp³-hybridized carbons (Fsp3) is 0.500. The van der Waals surface area contributed by atoms with Crippen LogP contribution in [0, 0.1) is 0 Å². The number of hydrogen-bond acceptors (Lipinski definition) is 4. The lowest BCUT2D eigenvalue weighted by atomic mass is 10.4. The van der Waals surface area contributed by atoms with E-state index in [-0.39, 0.29) is 0 Å². The van der Waals surface area contributed by atoms with Crippen molar-refractivity contribution in [3.63, 3.8) is 0 Å². The highest BCUT2D eigenvalue weighted by molar-refractivity contribution is 7.99. The number of nitrogens with one attached hydrogen (secondary N) is 1. The smallest absolute Gasteiger partial charge is 0.214 e. The molecule has 78 valence electrons. The minimum absolute atomic E-state index is 0.586. The second kappa shape index (κ2) is 5.75. The van der Waals surface area contributed by atoms with Gasteiger partial charge in [-0.25, -0.2) is 0 Å². The van der Waals surface area contributed by atoms with Crippen molar-refractivity contribution in [3.05, 3.63) is 18.2 Å². The monoisotopic (exact) mass is 212 g/mol. The number of ether oxygens (including phenoxy) is 1. The van der Waals surface area contributed by atoms with E-state index in [0.717, 1.165) is 12.4 Å². The Labute approximate surface area is 89.3 Å². The molecule has 14 heavy (non-hydrogen) atoms. The van der Waals surface area contributed by atoms with E-state index in [1.165, 1.54) is 0 Å². The second-order valence-corrected chi connectivity index (χ2v) is 4.27. The van der Waals surface area contributed by atoms with E-state index in [4.69, 9.17) is 4.74 Å². The van der Waals surface area contributed by atoms with Gasteiger partial charge in [0.15, 0.2) is 0 Å². The Morgan fingerprint density at radius 2 is 2.36 bits per heavy atom. The van der Waals surface area contributed by atoms with Crippen molar-refractivity contribution in [3.8, 4) is 5.88 Å². The number of anilines is 1. The SMILES string of the molecule is COc1cccc(NCC(C)SC)n1. The van der Waals surface area contributed by atoms with Gasteiger partial charge >= 0.3 is 0 Å². The van der Waals surface area contributed by atoms with Crippen molar-refractivity contribution in [2.24, 2.45) is 0 Å². The topological polar surface area (TPSA) is 34.1 Å². The summed E-state index contributed by atoms with van der Waals surface area (Å²) in [5.41, 5.74) is 0. The summed E-state index contributed by atoms with van der Waals surface area (Å²) < 4.78 is 5.03. The molecule has 0 aromatic carbocycles. The van der Waals surface area contributed by atoms with E-state index < -0.39 is 0 Å². The number of hydrogen-bond donors (Lipinski definition) is 1. The zero-order valence-corrected chi connectivity index (χ0v) is 9.60. The van der Waals surface area contributed by atoms with Gasteiger partial charge in [-0.05, 0) is 12.3 Å². The first-order valence-corrected chi connectivity index (χ1v) is 5.82. The van der Waals surface area contributed by atoms with Gasteiger partial charge in [-0.1, -0.05) is 13.0 Å². The van der Waals surface area contributed by atoms with Crippen LogP contribution < -0.4 is 10.1 Å². The fourth-order valence-corrected chi connectivity index (χ4v) is 1.21. The second-order valence-electron chi connectivity index (χ2n) is 2.99. The van der Waals surface area contributed by atoms with Crippen molar-refractivity contribution in [1.29, 1.82) is 0 Å². The molecule has 1 heterocycles. The number of rotatable bonds is 5. The number of thioether (sulfide) groups is 1. The van der Waals surface area contributed by atoms with Crippen LogP contribution in [0.25, 0.3) is 0 Å². The average Bonchev–Trinajstić information content (AvgIpc) is 2.26. The molecule has 0 fully saturated rings.